The van der Waals surface area contributed by atoms with Crippen LogP contribution in [0.15, 0.2) is 67.0 Å². The fourth-order valence-electron chi connectivity index (χ4n) is 5.26. The number of nitrogens with one attached hydrogen (secondary N) is 3. The summed E-state index contributed by atoms with van der Waals surface area (Å²) < 4.78 is 15.1. The minimum atomic E-state index is -1.29. The number of aromatic nitrogens is 4. The molecule has 1 aromatic heterocycles. The molecule has 43 heavy (non-hydrogen) atoms. The van der Waals surface area contributed by atoms with E-state index in [0.717, 1.165) is 23.1 Å². The quantitative estimate of drug-likeness (QED) is 0.172. The van der Waals surface area contributed by atoms with Gasteiger partial charge in [-0.1, -0.05) is 41.9 Å². The number of benzene rings is 3. The molecule has 4 aromatic rings. The lowest BCUT2D eigenvalue weighted by Crippen LogP contribution is -2.50. The second kappa shape index (κ2) is 13.4. The van der Waals surface area contributed by atoms with Crippen molar-refractivity contribution in [2.75, 3.05) is 6.54 Å². The molecule has 13 heteroatoms. The Hall–Kier alpha value is -4.23. The Morgan fingerprint density at radius 2 is 1.98 bits per heavy atom. The van der Waals surface area contributed by atoms with E-state index in [4.69, 9.17) is 17.3 Å². The van der Waals surface area contributed by atoms with Gasteiger partial charge in [0.05, 0.1) is 11.7 Å². The number of rotatable bonds is 10. The molecule has 0 radical (unpaired) electrons. The average molecular weight is 607 g/mol. The maximum atomic E-state index is 13.6. The van der Waals surface area contributed by atoms with Gasteiger partial charge in [-0.2, -0.15) is 0 Å². The smallest absolute Gasteiger partial charge is 0.242 e. The first-order chi connectivity index (χ1) is 20.7. The molecule has 1 aliphatic heterocycles. The number of aliphatic hydroxyl groups excluding tert-OH is 1. The summed E-state index contributed by atoms with van der Waals surface area (Å²) in [6, 6.07) is 16.0. The van der Waals surface area contributed by atoms with Crippen molar-refractivity contribution in [1.82, 2.24) is 36.2 Å². The second-order valence-electron chi connectivity index (χ2n) is 10.6. The normalized spacial score (nSPS) is 17.8. The molecule has 1 fully saturated rings. The molecule has 0 saturated carbocycles. The van der Waals surface area contributed by atoms with Gasteiger partial charge >= 0.3 is 0 Å². The predicted molar refractivity (Wildman–Crippen MR) is 158 cm³/mol. The zero-order valence-electron chi connectivity index (χ0n) is 23.4. The lowest BCUT2D eigenvalue weighted by atomic mass is 9.93. The van der Waals surface area contributed by atoms with Crippen molar-refractivity contribution in [2.24, 2.45) is 11.7 Å². The topological polar surface area (TPSA) is 160 Å². The van der Waals surface area contributed by atoms with E-state index in [1.807, 2.05) is 24.3 Å². The largest absolute Gasteiger partial charge is 0.375 e. The number of nitrogens with two attached hydrogens (primary N) is 1. The highest BCUT2D eigenvalue weighted by molar-refractivity contribution is 6.30. The molecule has 1 unspecified atom stereocenters. The summed E-state index contributed by atoms with van der Waals surface area (Å²) >= 11 is 6.15. The highest BCUT2D eigenvalue weighted by atomic mass is 35.5. The lowest BCUT2D eigenvalue weighted by molar-refractivity contribution is -0.129. The fourth-order valence-corrected chi connectivity index (χ4v) is 5.46. The molecular weight excluding hydrogens is 575 g/mol. The summed E-state index contributed by atoms with van der Waals surface area (Å²) in [5.41, 5.74) is 9.92. The van der Waals surface area contributed by atoms with Crippen molar-refractivity contribution in [3.8, 4) is 16.8 Å². The molecule has 5 rings (SSSR count). The van der Waals surface area contributed by atoms with Gasteiger partial charge < -0.3 is 26.8 Å². The number of amides is 2. The van der Waals surface area contributed by atoms with Crippen LogP contribution in [0, 0.1) is 11.7 Å². The summed E-state index contributed by atoms with van der Waals surface area (Å²) in [6.07, 6.45) is 1.55. The number of hydrogen-bond acceptors (Lipinski definition) is 8. The van der Waals surface area contributed by atoms with Gasteiger partial charge in [0.15, 0.2) is 0 Å². The van der Waals surface area contributed by atoms with Crippen molar-refractivity contribution in [2.45, 2.75) is 44.6 Å². The van der Waals surface area contributed by atoms with E-state index < -0.39 is 24.1 Å². The van der Waals surface area contributed by atoms with Crippen LogP contribution in [-0.2, 0) is 22.6 Å². The Morgan fingerprint density at radius 3 is 2.70 bits per heavy atom. The number of halogens is 2. The SMILES string of the molecule is C[C@H](NC(=O)[C@H]1C[C@H](Cc2ccc(-c3ccc(F)cc3C(N)O)cc2)CN1)C(=O)NCc1cc(Cl)ccc1-n1cnnn1. The van der Waals surface area contributed by atoms with Crippen LogP contribution < -0.4 is 21.7 Å². The summed E-state index contributed by atoms with van der Waals surface area (Å²) in [6.45, 7) is 2.47. The van der Waals surface area contributed by atoms with E-state index in [-0.39, 0.29) is 24.3 Å². The van der Waals surface area contributed by atoms with Crippen LogP contribution in [0.1, 0.15) is 36.3 Å². The van der Waals surface area contributed by atoms with Crippen molar-refractivity contribution < 1.29 is 19.1 Å². The molecule has 1 saturated heterocycles. The van der Waals surface area contributed by atoms with Crippen molar-refractivity contribution in [3.05, 3.63) is 94.5 Å². The first-order valence-electron chi connectivity index (χ1n) is 13.8. The first kappa shape index (κ1) is 30.2. The molecule has 1 aliphatic rings. The summed E-state index contributed by atoms with van der Waals surface area (Å²) in [5.74, 6) is -0.805. The molecule has 224 valence electrons. The number of nitrogens with zero attached hydrogens (tertiary/aromatic N) is 4. The van der Waals surface area contributed by atoms with Crippen LogP contribution in [0.4, 0.5) is 4.39 Å². The molecular formula is C30H32ClFN8O3. The maximum Gasteiger partial charge on any atom is 0.242 e. The Morgan fingerprint density at radius 1 is 1.19 bits per heavy atom. The Kier molecular flexibility index (Phi) is 9.41. The monoisotopic (exact) mass is 606 g/mol. The minimum Gasteiger partial charge on any atom is -0.375 e. The summed E-state index contributed by atoms with van der Waals surface area (Å²) in [5, 5.41) is 30.5. The third-order valence-electron chi connectivity index (χ3n) is 7.50. The van der Waals surface area contributed by atoms with E-state index >= 15 is 0 Å². The zero-order valence-corrected chi connectivity index (χ0v) is 24.1. The van der Waals surface area contributed by atoms with E-state index in [9.17, 15) is 19.1 Å². The standard InChI is InChI=1S/C30H32ClFN8O3/c1-17(29(42)35-15-21-12-22(31)6-9-27(21)40-16-36-38-39-40)37-30(43)26-11-19(14-34-26)10-18-2-4-20(5-3-18)24-8-7-23(32)13-25(24)28(33)41/h2-9,12-13,16-17,19,26,28,34,41H,10-11,14-15,33H2,1H3,(H,35,42)(H,37,43)/t17-,19-,26+,28?/m0/s1. The van der Waals surface area contributed by atoms with Crippen LogP contribution in [0.3, 0.4) is 0 Å². The third kappa shape index (κ3) is 7.41. The van der Waals surface area contributed by atoms with Gasteiger partial charge in [-0.3, -0.25) is 9.59 Å². The molecule has 2 heterocycles. The van der Waals surface area contributed by atoms with E-state index in [0.29, 0.717) is 34.8 Å². The maximum absolute atomic E-state index is 13.6. The highest BCUT2D eigenvalue weighted by Crippen LogP contribution is 2.29. The van der Waals surface area contributed by atoms with E-state index in [1.54, 1.807) is 31.2 Å². The van der Waals surface area contributed by atoms with Crippen LogP contribution in [-0.4, -0.2) is 55.8 Å². The number of hydrogen-bond donors (Lipinski definition) is 5. The number of tetrazole rings is 1. The molecule has 4 atom stereocenters. The predicted octanol–water partition coefficient (Wildman–Crippen LogP) is 2.41. The van der Waals surface area contributed by atoms with Gasteiger partial charge in [-0.25, -0.2) is 9.07 Å². The van der Waals surface area contributed by atoms with Crippen LogP contribution >= 0.6 is 11.6 Å². The molecule has 11 nitrogen and oxygen atoms in total. The van der Waals surface area contributed by atoms with E-state index in [2.05, 4.69) is 31.5 Å². The van der Waals surface area contributed by atoms with Crippen molar-refractivity contribution in [3.63, 3.8) is 0 Å². The van der Waals surface area contributed by atoms with Crippen LogP contribution in [0.2, 0.25) is 5.02 Å². The van der Waals surface area contributed by atoms with Gasteiger partial charge in [-0.05, 0) is 95.2 Å². The van der Waals surface area contributed by atoms with Crippen LogP contribution in [0.25, 0.3) is 16.8 Å². The van der Waals surface area contributed by atoms with Gasteiger partial charge in [0.25, 0.3) is 0 Å². The molecule has 0 aliphatic carbocycles. The highest BCUT2D eigenvalue weighted by Gasteiger charge is 2.31. The number of carbonyl (C=O) groups is 2. The lowest BCUT2D eigenvalue weighted by Gasteiger charge is -2.18. The summed E-state index contributed by atoms with van der Waals surface area (Å²) in [7, 11) is 0. The first-order valence-corrected chi connectivity index (χ1v) is 14.2. The molecule has 2 amide bonds. The molecule has 6 N–H and O–H groups in total. The number of aliphatic hydroxyl groups is 1. The third-order valence-corrected chi connectivity index (χ3v) is 7.74. The Balaban J connectivity index is 1.12. The number of carbonyl (C=O) groups excluding carboxylic acids is 2. The van der Waals surface area contributed by atoms with Gasteiger partial charge in [0, 0.05) is 17.1 Å². The molecule has 0 bridgehead atoms. The minimum absolute atomic E-state index is 0.173. The average Bonchev–Trinajstić information content (AvgIpc) is 3.69. The van der Waals surface area contributed by atoms with Crippen LogP contribution in [0.5, 0.6) is 0 Å². The van der Waals surface area contributed by atoms with Crippen molar-refractivity contribution in [1.29, 1.82) is 0 Å². The van der Waals surface area contributed by atoms with Gasteiger partial charge in [-0.15, -0.1) is 5.10 Å². The van der Waals surface area contributed by atoms with Crippen molar-refractivity contribution >= 4 is 23.4 Å². The van der Waals surface area contributed by atoms with E-state index in [1.165, 1.54) is 23.1 Å². The zero-order chi connectivity index (χ0) is 30.5. The second-order valence-corrected chi connectivity index (χ2v) is 11.1. The van der Waals surface area contributed by atoms with Gasteiger partial charge in [0.2, 0.25) is 11.8 Å². The fraction of sp³-hybridized carbons (Fsp3) is 0.300. The molecule has 3 aromatic carbocycles. The Bertz CT molecular complexity index is 1580. The summed E-state index contributed by atoms with van der Waals surface area (Å²) in [4.78, 5) is 25.7. The Labute approximate surface area is 252 Å². The van der Waals surface area contributed by atoms with Gasteiger partial charge in [0.1, 0.15) is 24.4 Å². The molecule has 0 spiro atoms.